The maximum atomic E-state index is 13.4. The van der Waals surface area contributed by atoms with Crippen molar-refractivity contribution in [1.29, 1.82) is 0 Å². The third-order valence-corrected chi connectivity index (χ3v) is 7.21. The largest absolute Gasteiger partial charge is 0.464 e. The number of urea groups is 1. The first-order valence-electron chi connectivity index (χ1n) is 9.50. The molecule has 2 saturated heterocycles. The minimum absolute atomic E-state index is 0.0228. The van der Waals surface area contributed by atoms with Crippen molar-refractivity contribution in [3.63, 3.8) is 0 Å². The zero-order valence-corrected chi connectivity index (χ0v) is 17.1. The van der Waals surface area contributed by atoms with E-state index in [1.165, 1.54) is 11.8 Å². The van der Waals surface area contributed by atoms with Crippen LogP contribution in [0.15, 0.2) is 0 Å². The van der Waals surface area contributed by atoms with Crippen molar-refractivity contribution in [1.82, 2.24) is 15.1 Å². The van der Waals surface area contributed by atoms with Gasteiger partial charge in [0.25, 0.3) is 5.91 Å². The number of carbonyl (C=O) groups excluding carboxylic acids is 3. The van der Waals surface area contributed by atoms with Crippen molar-refractivity contribution in [2.24, 2.45) is 5.92 Å². The van der Waals surface area contributed by atoms with Gasteiger partial charge >= 0.3 is 12.0 Å². The molecule has 2 heterocycles. The Kier molecular flexibility index (Phi) is 5.43. The second-order valence-electron chi connectivity index (χ2n) is 8.22. The van der Waals surface area contributed by atoms with Crippen LogP contribution in [0.5, 0.6) is 0 Å². The third kappa shape index (κ3) is 2.90. The van der Waals surface area contributed by atoms with Gasteiger partial charge < -0.3 is 10.1 Å². The quantitative estimate of drug-likeness (QED) is 0.595. The number of piperidine rings is 1. The summed E-state index contributed by atoms with van der Waals surface area (Å²) in [7, 11) is 2.12. The molecule has 0 radical (unpaired) electrons. The first kappa shape index (κ1) is 20.7. The van der Waals surface area contributed by atoms with E-state index in [4.69, 9.17) is 4.74 Å². The van der Waals surface area contributed by atoms with E-state index in [-0.39, 0.29) is 36.1 Å². The average molecular weight is 367 g/mol. The minimum atomic E-state index is -0.921. The van der Waals surface area contributed by atoms with Crippen molar-refractivity contribution >= 4 is 17.9 Å². The van der Waals surface area contributed by atoms with Crippen molar-refractivity contribution in [3.8, 4) is 0 Å². The number of carbonyl (C=O) groups is 3. The summed E-state index contributed by atoms with van der Waals surface area (Å²) < 4.78 is 4.92. The van der Waals surface area contributed by atoms with Crippen LogP contribution < -0.4 is 5.32 Å². The summed E-state index contributed by atoms with van der Waals surface area (Å²) in [6.07, 6.45) is 2.32. The molecule has 4 atom stereocenters. The summed E-state index contributed by atoms with van der Waals surface area (Å²) >= 11 is 0. The molecule has 26 heavy (non-hydrogen) atoms. The van der Waals surface area contributed by atoms with Gasteiger partial charge in [0.2, 0.25) is 0 Å². The summed E-state index contributed by atoms with van der Waals surface area (Å²) in [4.78, 5) is 40.5. The standard InChI is InChI=1S/C19H33N3O4/c1-8-17(5)12-19(13(3)18(6,9-2)21(17)7)15(24)22(16(25)20-19)10-11-26-14(4)23/h13H,8-12H2,1-7H3,(H,20,25). The molecule has 1 N–H and O–H groups in total. The Hall–Kier alpha value is -1.63. The van der Waals surface area contributed by atoms with E-state index in [1.54, 1.807) is 0 Å². The van der Waals surface area contributed by atoms with E-state index >= 15 is 0 Å². The van der Waals surface area contributed by atoms with E-state index in [2.05, 4.69) is 51.9 Å². The van der Waals surface area contributed by atoms with Gasteiger partial charge in [0.15, 0.2) is 0 Å². The second-order valence-corrected chi connectivity index (χ2v) is 8.22. The van der Waals surface area contributed by atoms with Crippen LogP contribution in [0.4, 0.5) is 4.79 Å². The number of hydrogen-bond acceptors (Lipinski definition) is 5. The van der Waals surface area contributed by atoms with Crippen LogP contribution in [-0.2, 0) is 14.3 Å². The highest BCUT2D eigenvalue weighted by Crippen LogP contribution is 2.51. The molecule has 0 saturated carbocycles. The molecule has 148 valence electrons. The van der Waals surface area contributed by atoms with Crippen molar-refractivity contribution in [2.45, 2.75) is 77.4 Å². The van der Waals surface area contributed by atoms with Gasteiger partial charge in [-0.2, -0.15) is 0 Å². The number of likely N-dealkylation sites (tertiary alicyclic amines) is 1. The number of nitrogens with zero attached hydrogens (tertiary/aromatic N) is 2. The zero-order chi connectivity index (χ0) is 19.9. The van der Waals surface area contributed by atoms with Crippen LogP contribution in [0, 0.1) is 5.92 Å². The van der Waals surface area contributed by atoms with Crippen molar-refractivity contribution < 1.29 is 19.1 Å². The lowest BCUT2D eigenvalue weighted by Gasteiger charge is -2.62. The van der Waals surface area contributed by atoms with Crippen molar-refractivity contribution in [3.05, 3.63) is 0 Å². The molecule has 4 unspecified atom stereocenters. The number of amides is 3. The lowest BCUT2D eigenvalue weighted by Crippen LogP contribution is -2.74. The number of ether oxygens (including phenoxy) is 1. The lowest BCUT2D eigenvalue weighted by atomic mass is 9.60. The third-order valence-electron chi connectivity index (χ3n) is 7.21. The Balaban J connectivity index is 2.38. The predicted molar refractivity (Wildman–Crippen MR) is 98.5 cm³/mol. The van der Waals surface area contributed by atoms with E-state index in [0.29, 0.717) is 6.42 Å². The Morgan fingerprint density at radius 2 is 1.88 bits per heavy atom. The molecule has 0 aromatic heterocycles. The molecule has 2 aliphatic rings. The van der Waals surface area contributed by atoms with Gasteiger partial charge in [-0.15, -0.1) is 0 Å². The molecule has 0 aliphatic carbocycles. The normalized spacial score (nSPS) is 38.0. The fourth-order valence-electron chi connectivity index (χ4n) is 4.76. The molecule has 2 rings (SSSR count). The Morgan fingerprint density at radius 1 is 1.27 bits per heavy atom. The summed E-state index contributed by atoms with van der Waals surface area (Å²) in [6.45, 7) is 12.1. The molecule has 7 nitrogen and oxygen atoms in total. The maximum absolute atomic E-state index is 13.4. The first-order chi connectivity index (χ1) is 12.0. The Labute approximate surface area is 156 Å². The Morgan fingerprint density at radius 3 is 2.38 bits per heavy atom. The smallest absolute Gasteiger partial charge is 0.325 e. The van der Waals surface area contributed by atoms with E-state index in [0.717, 1.165) is 12.8 Å². The molecule has 3 amide bonds. The van der Waals surface area contributed by atoms with Crippen molar-refractivity contribution in [2.75, 3.05) is 20.2 Å². The molecule has 2 fully saturated rings. The molecule has 2 aliphatic heterocycles. The fraction of sp³-hybridized carbons (Fsp3) is 0.842. The number of hydrogen-bond donors (Lipinski definition) is 1. The highest BCUT2D eigenvalue weighted by Gasteiger charge is 2.65. The summed E-state index contributed by atoms with van der Waals surface area (Å²) in [5, 5.41) is 3.03. The van der Waals surface area contributed by atoms with E-state index in [9.17, 15) is 14.4 Å². The fourth-order valence-corrected chi connectivity index (χ4v) is 4.76. The maximum Gasteiger partial charge on any atom is 0.325 e. The first-order valence-corrected chi connectivity index (χ1v) is 9.50. The van der Waals surface area contributed by atoms with Gasteiger partial charge in [-0.05, 0) is 40.2 Å². The van der Waals surface area contributed by atoms with Crippen LogP contribution in [0.1, 0.15) is 60.8 Å². The molecular weight excluding hydrogens is 334 g/mol. The number of rotatable bonds is 5. The number of imide groups is 1. The summed E-state index contributed by atoms with van der Waals surface area (Å²) in [5.74, 6) is -0.675. The van der Waals surface area contributed by atoms with Gasteiger partial charge in [-0.25, -0.2) is 4.79 Å². The topological polar surface area (TPSA) is 79.0 Å². The molecule has 1 spiro atoms. The van der Waals surface area contributed by atoms with E-state index in [1.807, 2.05) is 0 Å². The highest BCUT2D eigenvalue weighted by atomic mass is 16.5. The van der Waals surface area contributed by atoms with Gasteiger partial charge in [0.05, 0.1) is 6.54 Å². The second kappa shape index (κ2) is 6.83. The molecular formula is C19H33N3O4. The predicted octanol–water partition coefficient (Wildman–Crippen LogP) is 2.15. The summed E-state index contributed by atoms with van der Waals surface area (Å²) in [5.41, 5.74) is -1.35. The molecule has 7 heteroatoms. The van der Waals surface area contributed by atoms with Gasteiger partial charge in [-0.1, -0.05) is 20.8 Å². The lowest BCUT2D eigenvalue weighted by molar-refractivity contribution is -0.152. The van der Waals surface area contributed by atoms with Crippen LogP contribution in [-0.4, -0.2) is 64.5 Å². The minimum Gasteiger partial charge on any atom is -0.464 e. The Bertz CT molecular complexity index is 610. The highest BCUT2D eigenvalue weighted by molar-refractivity contribution is 6.07. The molecule has 0 aromatic carbocycles. The number of nitrogens with one attached hydrogen (secondary N) is 1. The SMILES string of the molecule is CCC1(C)CC2(NC(=O)N(CCOC(C)=O)C2=O)C(C)C(C)(CC)N1C. The molecule has 0 bridgehead atoms. The molecule has 0 aromatic rings. The zero-order valence-electron chi connectivity index (χ0n) is 17.1. The van der Waals surface area contributed by atoms with Gasteiger partial charge in [-0.3, -0.25) is 19.4 Å². The van der Waals surface area contributed by atoms with Gasteiger partial charge in [0, 0.05) is 23.9 Å². The van der Waals surface area contributed by atoms with Crippen LogP contribution in [0.2, 0.25) is 0 Å². The van der Waals surface area contributed by atoms with E-state index < -0.39 is 17.5 Å². The summed E-state index contributed by atoms with van der Waals surface area (Å²) in [6, 6.07) is -0.393. The average Bonchev–Trinajstić information content (AvgIpc) is 2.82. The van der Waals surface area contributed by atoms with Gasteiger partial charge in [0.1, 0.15) is 12.1 Å². The van der Waals surface area contributed by atoms with Crippen LogP contribution in [0.25, 0.3) is 0 Å². The van der Waals surface area contributed by atoms with Crippen LogP contribution >= 0.6 is 0 Å². The monoisotopic (exact) mass is 367 g/mol. The number of esters is 1. The van der Waals surface area contributed by atoms with Crippen LogP contribution in [0.3, 0.4) is 0 Å².